The van der Waals surface area contributed by atoms with Crippen LogP contribution in [0, 0.1) is 11.6 Å². The molecule has 10 heteroatoms. The highest BCUT2D eigenvalue weighted by Crippen LogP contribution is 2.31. The number of hydrogen-bond donors (Lipinski definition) is 2. The summed E-state index contributed by atoms with van der Waals surface area (Å²) in [5.41, 5.74) is -2.56. The molecule has 23 heavy (non-hydrogen) atoms. The third kappa shape index (κ3) is 2.97. The van der Waals surface area contributed by atoms with Crippen molar-refractivity contribution >= 4 is 16.9 Å². The second-order valence-electron chi connectivity index (χ2n) is 4.37. The van der Waals surface area contributed by atoms with Gasteiger partial charge in [0.2, 0.25) is 11.2 Å². The second-order valence-corrected chi connectivity index (χ2v) is 4.37. The number of ether oxygens (including phenoxy) is 1. The molecule has 1 aromatic heterocycles. The Morgan fingerprint density at radius 2 is 2.00 bits per heavy atom. The van der Waals surface area contributed by atoms with Crippen molar-refractivity contribution in [1.29, 1.82) is 0 Å². The van der Waals surface area contributed by atoms with Crippen molar-refractivity contribution in [3.05, 3.63) is 39.7 Å². The summed E-state index contributed by atoms with van der Waals surface area (Å²) in [4.78, 5) is 23.1. The topological polar surface area (TPSA) is 88.8 Å². The average molecular weight is 335 g/mol. The number of hydrogen-bond acceptors (Lipinski definition) is 4. The molecule has 6 nitrogen and oxygen atoms in total. The van der Waals surface area contributed by atoms with Crippen LogP contribution in [0.25, 0.3) is 10.9 Å². The van der Waals surface area contributed by atoms with E-state index < -0.39 is 58.5 Å². The highest BCUT2D eigenvalue weighted by molar-refractivity contribution is 5.94. The summed E-state index contributed by atoms with van der Waals surface area (Å²) >= 11 is 0. The molecule has 0 saturated heterocycles. The van der Waals surface area contributed by atoms with Crippen molar-refractivity contribution in [1.82, 2.24) is 4.57 Å². The molecule has 1 aromatic carbocycles. The zero-order valence-corrected chi connectivity index (χ0v) is 11.2. The van der Waals surface area contributed by atoms with Gasteiger partial charge in [-0.1, -0.05) is 0 Å². The molecule has 0 unspecified atom stereocenters. The maximum Gasteiger partial charge on any atom is 0.387 e. The minimum Gasteiger partial charge on any atom is -0.477 e. The van der Waals surface area contributed by atoms with Crippen LogP contribution in [0.3, 0.4) is 0 Å². The predicted molar refractivity (Wildman–Crippen MR) is 68.8 cm³/mol. The van der Waals surface area contributed by atoms with Crippen molar-refractivity contribution in [3.8, 4) is 5.75 Å². The van der Waals surface area contributed by atoms with E-state index in [4.69, 9.17) is 10.2 Å². The number of aliphatic hydroxyl groups excluding tert-OH is 1. The van der Waals surface area contributed by atoms with Crippen molar-refractivity contribution in [2.24, 2.45) is 0 Å². The number of carboxylic acid groups (broad SMARTS) is 1. The lowest BCUT2D eigenvalue weighted by atomic mass is 10.1. The Balaban J connectivity index is 2.99. The van der Waals surface area contributed by atoms with E-state index in [1.54, 1.807) is 0 Å². The number of carboxylic acids is 1. The number of benzene rings is 1. The van der Waals surface area contributed by atoms with Crippen LogP contribution in [0.4, 0.5) is 17.6 Å². The number of alkyl halides is 2. The maximum absolute atomic E-state index is 13.8. The van der Waals surface area contributed by atoms with E-state index in [0.717, 1.165) is 10.8 Å². The first-order valence-electron chi connectivity index (χ1n) is 6.12. The van der Waals surface area contributed by atoms with E-state index in [-0.39, 0.29) is 6.54 Å². The fourth-order valence-electron chi connectivity index (χ4n) is 2.11. The quantitative estimate of drug-likeness (QED) is 0.810. The van der Waals surface area contributed by atoms with Crippen LogP contribution in [0.5, 0.6) is 5.75 Å². The number of rotatable bonds is 5. The van der Waals surface area contributed by atoms with Gasteiger partial charge in [-0.05, 0) is 6.07 Å². The molecule has 0 aliphatic carbocycles. The molecule has 0 bridgehead atoms. The summed E-state index contributed by atoms with van der Waals surface area (Å²) < 4.78 is 57.0. The van der Waals surface area contributed by atoms with Gasteiger partial charge in [-0.3, -0.25) is 4.79 Å². The van der Waals surface area contributed by atoms with Gasteiger partial charge in [0.05, 0.1) is 17.5 Å². The number of nitrogens with zero attached hydrogens (tertiary/aromatic N) is 1. The molecule has 2 aromatic rings. The minimum atomic E-state index is -3.51. The van der Waals surface area contributed by atoms with E-state index in [0.29, 0.717) is 6.07 Å². The van der Waals surface area contributed by atoms with Gasteiger partial charge in [-0.2, -0.15) is 13.2 Å². The van der Waals surface area contributed by atoms with E-state index in [1.165, 1.54) is 0 Å². The van der Waals surface area contributed by atoms with Crippen LogP contribution >= 0.6 is 0 Å². The molecule has 2 rings (SSSR count). The number of aromatic nitrogens is 1. The van der Waals surface area contributed by atoms with Gasteiger partial charge in [0.1, 0.15) is 5.56 Å². The number of fused-ring (bicyclic) bond motifs is 1. The highest BCUT2D eigenvalue weighted by atomic mass is 19.3. The Morgan fingerprint density at radius 1 is 1.35 bits per heavy atom. The van der Waals surface area contributed by atoms with Crippen LogP contribution in [0.1, 0.15) is 10.4 Å². The molecular weight excluding hydrogens is 326 g/mol. The normalized spacial score (nSPS) is 11.2. The minimum absolute atomic E-state index is 0.359. The monoisotopic (exact) mass is 335 g/mol. The molecule has 0 atom stereocenters. The van der Waals surface area contributed by atoms with Gasteiger partial charge in [0, 0.05) is 12.7 Å². The maximum atomic E-state index is 13.8. The molecule has 1 heterocycles. The van der Waals surface area contributed by atoms with Crippen molar-refractivity contribution in [2.45, 2.75) is 13.2 Å². The Labute approximate surface area is 125 Å². The lowest BCUT2D eigenvalue weighted by molar-refractivity contribution is -0.0516. The largest absolute Gasteiger partial charge is 0.477 e. The van der Waals surface area contributed by atoms with Crippen LogP contribution in [-0.4, -0.2) is 34.0 Å². The molecule has 2 N–H and O–H groups in total. The third-order valence-electron chi connectivity index (χ3n) is 2.99. The van der Waals surface area contributed by atoms with Crippen LogP contribution in [0.15, 0.2) is 17.1 Å². The molecule has 0 aliphatic rings. The molecular formula is C13H9F4NO5. The summed E-state index contributed by atoms with van der Waals surface area (Å²) in [5, 5.41) is 17.3. The highest BCUT2D eigenvalue weighted by Gasteiger charge is 2.24. The fraction of sp³-hybridized carbons (Fsp3) is 0.231. The van der Waals surface area contributed by atoms with E-state index in [9.17, 15) is 27.2 Å². The van der Waals surface area contributed by atoms with Gasteiger partial charge in [-0.25, -0.2) is 9.18 Å². The lowest BCUT2D eigenvalue weighted by Gasteiger charge is -2.16. The first-order valence-corrected chi connectivity index (χ1v) is 6.12. The zero-order valence-electron chi connectivity index (χ0n) is 11.2. The summed E-state index contributed by atoms with van der Waals surface area (Å²) in [6.45, 7) is -4.45. The number of carbonyl (C=O) groups is 1. The van der Waals surface area contributed by atoms with Crippen molar-refractivity contribution in [3.63, 3.8) is 0 Å². The Bertz CT molecular complexity index is 833. The third-order valence-corrected chi connectivity index (χ3v) is 2.99. The molecule has 0 saturated carbocycles. The zero-order chi connectivity index (χ0) is 17.3. The van der Waals surface area contributed by atoms with Gasteiger partial charge in [-0.15, -0.1) is 0 Å². The molecule has 0 spiro atoms. The summed E-state index contributed by atoms with van der Waals surface area (Å²) in [5.74, 6) is -6.29. The number of halogens is 4. The first-order chi connectivity index (χ1) is 10.8. The SMILES string of the molecule is O=C(O)c1cn(CCO)c2c(OC(F)F)c(F)c(F)cc2c1=O. The standard InChI is InChI=1S/C13H9F4NO5/c14-7-3-5-9(11(8(7)15)23-13(16)17)18(1-2-19)4-6(10(5)20)12(21)22/h3-4,13,19H,1-2H2,(H,21,22). The summed E-state index contributed by atoms with van der Waals surface area (Å²) in [6, 6.07) is 0.394. The lowest BCUT2D eigenvalue weighted by Crippen LogP contribution is -2.21. The Hall–Kier alpha value is -2.62. The fourth-order valence-corrected chi connectivity index (χ4v) is 2.11. The van der Waals surface area contributed by atoms with Crippen LogP contribution in [-0.2, 0) is 6.54 Å². The average Bonchev–Trinajstić information content (AvgIpc) is 2.46. The number of aromatic carboxylic acids is 1. The molecule has 124 valence electrons. The Kier molecular flexibility index (Phi) is 4.55. The molecule has 0 amide bonds. The van der Waals surface area contributed by atoms with Crippen molar-refractivity contribution < 1.29 is 37.3 Å². The molecule has 0 aliphatic heterocycles. The Morgan fingerprint density at radius 3 is 2.52 bits per heavy atom. The van der Waals surface area contributed by atoms with E-state index >= 15 is 0 Å². The van der Waals surface area contributed by atoms with Gasteiger partial charge < -0.3 is 19.5 Å². The van der Waals surface area contributed by atoms with Gasteiger partial charge in [0.25, 0.3) is 0 Å². The van der Waals surface area contributed by atoms with Gasteiger partial charge >= 0.3 is 12.6 Å². The van der Waals surface area contributed by atoms with Crippen LogP contribution < -0.4 is 10.2 Å². The molecule has 0 radical (unpaired) electrons. The molecule has 0 fully saturated rings. The smallest absolute Gasteiger partial charge is 0.387 e. The van der Waals surface area contributed by atoms with E-state index in [2.05, 4.69) is 4.74 Å². The summed E-state index contributed by atoms with van der Waals surface area (Å²) in [7, 11) is 0. The van der Waals surface area contributed by atoms with Crippen molar-refractivity contribution in [2.75, 3.05) is 6.61 Å². The van der Waals surface area contributed by atoms with Crippen LogP contribution in [0.2, 0.25) is 0 Å². The predicted octanol–water partition coefficient (Wildman–Crippen LogP) is 1.57. The van der Waals surface area contributed by atoms with Gasteiger partial charge in [0.15, 0.2) is 11.6 Å². The first kappa shape index (κ1) is 16.7. The number of aliphatic hydroxyl groups is 1. The number of pyridine rings is 1. The van der Waals surface area contributed by atoms with E-state index in [1.807, 2.05) is 0 Å². The second kappa shape index (κ2) is 6.24. The summed E-state index contributed by atoms with van der Waals surface area (Å²) in [6.07, 6.45) is 0.735.